The summed E-state index contributed by atoms with van der Waals surface area (Å²) < 4.78 is 0. The number of hydrogen-bond acceptors (Lipinski definition) is 2. The normalized spacial score (nSPS) is 10.5. The third-order valence-electron chi connectivity index (χ3n) is 5.30. The van der Waals surface area contributed by atoms with E-state index in [0.717, 1.165) is 22.6 Å². The van der Waals surface area contributed by atoms with Crippen molar-refractivity contribution in [3.8, 4) is 0 Å². The summed E-state index contributed by atoms with van der Waals surface area (Å²) in [5, 5.41) is 8.66. The maximum absolute atomic E-state index is 13.0. The molecule has 3 aromatic carbocycles. The SMILES string of the molecule is Cc1ccc(NC(=O)N(CCCNC(=O)Nc2ccc(C(C)C)cc2)c2ccccc2)cc1. The largest absolute Gasteiger partial charge is 0.338 e. The lowest BCUT2D eigenvalue weighted by molar-refractivity contribution is 0.252. The van der Waals surface area contributed by atoms with Crippen LogP contribution in [-0.2, 0) is 0 Å². The molecule has 4 amide bonds. The number of nitrogens with zero attached hydrogens (tertiary/aromatic N) is 1. The minimum Gasteiger partial charge on any atom is -0.338 e. The summed E-state index contributed by atoms with van der Waals surface area (Å²) in [5.74, 6) is 0.448. The van der Waals surface area contributed by atoms with Gasteiger partial charge in [-0.25, -0.2) is 9.59 Å². The van der Waals surface area contributed by atoms with E-state index in [0.29, 0.717) is 25.4 Å². The van der Waals surface area contributed by atoms with Gasteiger partial charge in [-0.1, -0.05) is 61.9 Å². The second-order valence-corrected chi connectivity index (χ2v) is 8.29. The second kappa shape index (κ2) is 11.7. The monoisotopic (exact) mass is 444 g/mol. The zero-order chi connectivity index (χ0) is 23.6. The van der Waals surface area contributed by atoms with Crippen LogP contribution in [0.25, 0.3) is 0 Å². The lowest BCUT2D eigenvalue weighted by Crippen LogP contribution is -2.38. The number of amides is 4. The molecule has 0 aliphatic heterocycles. The molecule has 6 heteroatoms. The fraction of sp³-hybridized carbons (Fsp3) is 0.259. The smallest absolute Gasteiger partial charge is 0.326 e. The Kier molecular flexibility index (Phi) is 8.47. The standard InChI is InChI=1S/C27H32N4O2/c1-20(2)22-12-16-23(17-13-22)29-26(32)28-18-7-19-31(25-8-5-4-6-9-25)27(33)30-24-14-10-21(3)11-15-24/h4-6,8-17,20H,7,18-19H2,1-3H3,(H,30,33)(H2,28,29,32). The lowest BCUT2D eigenvalue weighted by atomic mass is 10.0. The van der Waals surface area contributed by atoms with E-state index in [1.807, 2.05) is 85.8 Å². The maximum Gasteiger partial charge on any atom is 0.326 e. The molecule has 0 heterocycles. The number of para-hydroxylation sites is 1. The average Bonchev–Trinajstić information content (AvgIpc) is 2.81. The molecule has 0 unspecified atom stereocenters. The fourth-order valence-electron chi connectivity index (χ4n) is 3.35. The van der Waals surface area contributed by atoms with Crippen molar-refractivity contribution >= 4 is 29.1 Å². The Labute approximate surface area is 196 Å². The summed E-state index contributed by atoms with van der Waals surface area (Å²) in [4.78, 5) is 26.9. The van der Waals surface area contributed by atoms with Crippen molar-refractivity contribution in [1.82, 2.24) is 5.32 Å². The summed E-state index contributed by atoms with van der Waals surface area (Å²) in [6, 6.07) is 24.6. The lowest BCUT2D eigenvalue weighted by Gasteiger charge is -2.23. The molecule has 0 saturated carbocycles. The number of aryl methyl sites for hydroxylation is 1. The summed E-state index contributed by atoms with van der Waals surface area (Å²) in [6.45, 7) is 7.18. The molecule has 0 aliphatic carbocycles. The van der Waals surface area contributed by atoms with Crippen molar-refractivity contribution < 1.29 is 9.59 Å². The Morgan fingerprint density at radius 3 is 2.06 bits per heavy atom. The highest BCUT2D eigenvalue weighted by Gasteiger charge is 2.15. The highest BCUT2D eigenvalue weighted by Crippen LogP contribution is 2.18. The predicted molar refractivity (Wildman–Crippen MR) is 136 cm³/mol. The number of benzene rings is 3. The van der Waals surface area contributed by atoms with Gasteiger partial charge in [0.15, 0.2) is 0 Å². The quantitative estimate of drug-likeness (QED) is 0.353. The van der Waals surface area contributed by atoms with E-state index >= 15 is 0 Å². The van der Waals surface area contributed by atoms with Gasteiger partial charge >= 0.3 is 12.1 Å². The minimum absolute atomic E-state index is 0.209. The van der Waals surface area contributed by atoms with Gasteiger partial charge < -0.3 is 16.0 Å². The number of hydrogen-bond donors (Lipinski definition) is 3. The summed E-state index contributed by atoms with van der Waals surface area (Å²) in [7, 11) is 0. The predicted octanol–water partition coefficient (Wildman–Crippen LogP) is 6.37. The van der Waals surface area contributed by atoms with E-state index in [9.17, 15) is 9.59 Å². The Hall–Kier alpha value is -3.80. The van der Waals surface area contributed by atoms with E-state index in [1.165, 1.54) is 5.56 Å². The molecule has 0 bridgehead atoms. The zero-order valence-corrected chi connectivity index (χ0v) is 19.5. The van der Waals surface area contributed by atoms with Crippen LogP contribution in [0, 0.1) is 6.92 Å². The molecule has 172 valence electrons. The van der Waals surface area contributed by atoms with Crippen LogP contribution >= 0.6 is 0 Å². The van der Waals surface area contributed by atoms with E-state index in [1.54, 1.807) is 4.90 Å². The Balaban J connectivity index is 1.52. The Morgan fingerprint density at radius 2 is 1.42 bits per heavy atom. The highest BCUT2D eigenvalue weighted by atomic mass is 16.2. The van der Waals surface area contributed by atoms with Crippen LogP contribution in [0.4, 0.5) is 26.7 Å². The second-order valence-electron chi connectivity index (χ2n) is 8.29. The zero-order valence-electron chi connectivity index (χ0n) is 19.5. The molecule has 0 aromatic heterocycles. The fourth-order valence-corrected chi connectivity index (χ4v) is 3.35. The van der Waals surface area contributed by atoms with Crippen LogP contribution < -0.4 is 20.9 Å². The molecule has 0 atom stereocenters. The molecule has 3 aromatic rings. The number of rotatable bonds is 8. The molecule has 0 saturated heterocycles. The van der Waals surface area contributed by atoms with Crippen molar-refractivity contribution in [1.29, 1.82) is 0 Å². The molecule has 0 spiro atoms. The number of nitrogens with one attached hydrogen (secondary N) is 3. The molecule has 0 radical (unpaired) electrons. The number of carbonyl (C=O) groups is 2. The van der Waals surface area contributed by atoms with Gasteiger partial charge in [0.25, 0.3) is 0 Å². The maximum atomic E-state index is 13.0. The third-order valence-corrected chi connectivity index (χ3v) is 5.30. The molecule has 3 rings (SSSR count). The van der Waals surface area contributed by atoms with Gasteiger partial charge in [0, 0.05) is 30.2 Å². The first kappa shape index (κ1) is 23.9. The Bertz CT molecular complexity index is 1030. The molecular formula is C27H32N4O2. The van der Waals surface area contributed by atoms with Gasteiger partial charge in [0.05, 0.1) is 0 Å². The molecule has 3 N–H and O–H groups in total. The van der Waals surface area contributed by atoms with E-state index in [2.05, 4.69) is 29.8 Å². The molecule has 6 nitrogen and oxygen atoms in total. The summed E-state index contributed by atoms with van der Waals surface area (Å²) in [6.07, 6.45) is 0.607. The first-order valence-corrected chi connectivity index (χ1v) is 11.3. The van der Waals surface area contributed by atoms with E-state index in [-0.39, 0.29) is 12.1 Å². The van der Waals surface area contributed by atoms with Crippen LogP contribution in [0.5, 0.6) is 0 Å². The van der Waals surface area contributed by atoms with Crippen LogP contribution in [0.2, 0.25) is 0 Å². The minimum atomic E-state index is -0.261. The average molecular weight is 445 g/mol. The van der Waals surface area contributed by atoms with E-state index in [4.69, 9.17) is 0 Å². The van der Waals surface area contributed by atoms with Gasteiger partial charge in [-0.05, 0) is 61.2 Å². The summed E-state index contributed by atoms with van der Waals surface area (Å²) >= 11 is 0. The van der Waals surface area contributed by atoms with Gasteiger partial charge in [-0.2, -0.15) is 0 Å². The third kappa shape index (κ3) is 7.38. The highest BCUT2D eigenvalue weighted by molar-refractivity contribution is 6.01. The topological polar surface area (TPSA) is 73.5 Å². The van der Waals surface area contributed by atoms with Crippen LogP contribution in [-0.4, -0.2) is 25.2 Å². The van der Waals surface area contributed by atoms with Crippen molar-refractivity contribution in [2.75, 3.05) is 28.6 Å². The number of carbonyl (C=O) groups excluding carboxylic acids is 2. The molecular weight excluding hydrogens is 412 g/mol. The first-order chi connectivity index (χ1) is 15.9. The van der Waals surface area contributed by atoms with Gasteiger partial charge in [0.2, 0.25) is 0 Å². The van der Waals surface area contributed by atoms with Gasteiger partial charge in [0.1, 0.15) is 0 Å². The van der Waals surface area contributed by atoms with Crippen LogP contribution in [0.15, 0.2) is 78.9 Å². The Morgan fingerprint density at radius 1 is 0.818 bits per heavy atom. The molecule has 0 fully saturated rings. The van der Waals surface area contributed by atoms with Crippen LogP contribution in [0.1, 0.15) is 37.3 Å². The van der Waals surface area contributed by atoms with E-state index < -0.39 is 0 Å². The van der Waals surface area contributed by atoms with Crippen molar-refractivity contribution in [3.63, 3.8) is 0 Å². The molecule has 0 aliphatic rings. The van der Waals surface area contributed by atoms with Gasteiger partial charge in [-0.3, -0.25) is 4.90 Å². The number of anilines is 3. The summed E-state index contributed by atoms with van der Waals surface area (Å²) in [5.41, 5.74) is 4.66. The molecule has 33 heavy (non-hydrogen) atoms. The first-order valence-electron chi connectivity index (χ1n) is 11.3. The van der Waals surface area contributed by atoms with Crippen molar-refractivity contribution in [3.05, 3.63) is 90.0 Å². The number of urea groups is 2. The van der Waals surface area contributed by atoms with Gasteiger partial charge in [-0.15, -0.1) is 0 Å². The van der Waals surface area contributed by atoms with Crippen molar-refractivity contribution in [2.24, 2.45) is 0 Å². The van der Waals surface area contributed by atoms with Crippen molar-refractivity contribution in [2.45, 2.75) is 33.1 Å². The van der Waals surface area contributed by atoms with Crippen LogP contribution in [0.3, 0.4) is 0 Å².